The fraction of sp³-hybridized carbons (Fsp3) is 1.00. The standard InChI is InChI=1S/C16H34.Mg.2H/c1-3-5-7-9-11-13-15-16-14-12-10-8-6-4-2;;;/h3-16H2,1-2H3;;;. The first-order valence-corrected chi connectivity index (χ1v) is 7.91. The van der Waals surface area contributed by atoms with Crippen molar-refractivity contribution in [1.29, 1.82) is 0 Å². The summed E-state index contributed by atoms with van der Waals surface area (Å²) in [4.78, 5) is 0. The van der Waals surface area contributed by atoms with Crippen LogP contribution in [0.2, 0.25) is 0 Å². The van der Waals surface area contributed by atoms with Gasteiger partial charge in [0.2, 0.25) is 0 Å². The third-order valence-corrected chi connectivity index (χ3v) is 3.46. The molecule has 0 aromatic rings. The van der Waals surface area contributed by atoms with Gasteiger partial charge in [0.1, 0.15) is 0 Å². The Balaban J connectivity index is 0. The molecular formula is C16H36Mg. The van der Waals surface area contributed by atoms with Crippen LogP contribution in [0.25, 0.3) is 0 Å². The van der Waals surface area contributed by atoms with E-state index < -0.39 is 0 Å². The molecular weight excluding hydrogens is 216 g/mol. The Kier molecular flexibility index (Phi) is 22.6. The molecule has 0 aliphatic heterocycles. The zero-order valence-electron chi connectivity index (χ0n) is 11.9. The van der Waals surface area contributed by atoms with Gasteiger partial charge in [0.05, 0.1) is 0 Å². The van der Waals surface area contributed by atoms with E-state index in [1.54, 1.807) is 0 Å². The monoisotopic (exact) mass is 252 g/mol. The van der Waals surface area contributed by atoms with Crippen molar-refractivity contribution < 1.29 is 0 Å². The number of hydrogen-bond donors (Lipinski definition) is 0. The van der Waals surface area contributed by atoms with Crippen LogP contribution in [0, 0.1) is 0 Å². The predicted molar refractivity (Wildman–Crippen MR) is 84.5 cm³/mol. The van der Waals surface area contributed by atoms with E-state index in [4.69, 9.17) is 0 Å². The van der Waals surface area contributed by atoms with E-state index in [2.05, 4.69) is 13.8 Å². The highest BCUT2D eigenvalue weighted by Crippen LogP contribution is 2.12. The molecule has 0 aliphatic rings. The van der Waals surface area contributed by atoms with Gasteiger partial charge in [-0.15, -0.1) is 0 Å². The van der Waals surface area contributed by atoms with E-state index in [1.165, 1.54) is 89.9 Å². The van der Waals surface area contributed by atoms with E-state index in [0.717, 1.165) is 0 Å². The molecule has 0 aromatic heterocycles. The van der Waals surface area contributed by atoms with Gasteiger partial charge in [-0.1, -0.05) is 104 Å². The van der Waals surface area contributed by atoms with Crippen LogP contribution in [-0.4, -0.2) is 23.1 Å². The Morgan fingerprint density at radius 3 is 0.706 bits per heavy atom. The van der Waals surface area contributed by atoms with Crippen LogP contribution in [0.5, 0.6) is 0 Å². The Labute approximate surface area is 126 Å². The van der Waals surface area contributed by atoms with E-state index in [1.807, 2.05) is 0 Å². The van der Waals surface area contributed by atoms with Crippen molar-refractivity contribution in [3.8, 4) is 0 Å². The number of rotatable bonds is 13. The van der Waals surface area contributed by atoms with Crippen molar-refractivity contribution in [2.45, 2.75) is 104 Å². The summed E-state index contributed by atoms with van der Waals surface area (Å²) in [5.74, 6) is 0. The molecule has 1 heteroatoms. The van der Waals surface area contributed by atoms with Crippen LogP contribution >= 0.6 is 0 Å². The van der Waals surface area contributed by atoms with Gasteiger partial charge in [-0.3, -0.25) is 0 Å². The molecule has 0 N–H and O–H groups in total. The molecule has 17 heavy (non-hydrogen) atoms. The molecule has 0 saturated heterocycles. The Bertz CT molecular complexity index is 98.1. The first-order valence-electron chi connectivity index (χ1n) is 7.91. The normalized spacial score (nSPS) is 10.2. The third kappa shape index (κ3) is 19.3. The summed E-state index contributed by atoms with van der Waals surface area (Å²) >= 11 is 0. The van der Waals surface area contributed by atoms with Gasteiger partial charge in [0.15, 0.2) is 0 Å². The second-order valence-electron chi connectivity index (χ2n) is 5.24. The molecule has 0 aliphatic carbocycles. The molecule has 0 amide bonds. The number of unbranched alkanes of at least 4 members (excludes halogenated alkanes) is 13. The van der Waals surface area contributed by atoms with Crippen molar-refractivity contribution in [3.63, 3.8) is 0 Å². The molecule has 0 aromatic carbocycles. The minimum absolute atomic E-state index is 0. The van der Waals surface area contributed by atoms with Crippen LogP contribution in [0.1, 0.15) is 104 Å². The second kappa shape index (κ2) is 19.1. The Morgan fingerprint density at radius 2 is 0.529 bits per heavy atom. The first-order chi connectivity index (χ1) is 7.91. The van der Waals surface area contributed by atoms with Gasteiger partial charge in [0, 0.05) is 0 Å². The lowest BCUT2D eigenvalue weighted by atomic mass is 10.0. The average molecular weight is 253 g/mol. The summed E-state index contributed by atoms with van der Waals surface area (Å²) in [6.45, 7) is 4.58. The molecule has 0 spiro atoms. The highest BCUT2D eigenvalue weighted by Gasteiger charge is 1.92. The Morgan fingerprint density at radius 1 is 0.353 bits per heavy atom. The van der Waals surface area contributed by atoms with Crippen LogP contribution in [0.3, 0.4) is 0 Å². The average Bonchev–Trinajstić information content (AvgIpc) is 2.31. The maximum Gasteiger partial charge on any atom is 0.316 e. The molecule has 0 rings (SSSR count). The topological polar surface area (TPSA) is 0 Å². The minimum atomic E-state index is 0. The summed E-state index contributed by atoms with van der Waals surface area (Å²) in [5.41, 5.74) is 0. The van der Waals surface area contributed by atoms with E-state index in [0.29, 0.717) is 0 Å². The van der Waals surface area contributed by atoms with E-state index >= 15 is 0 Å². The van der Waals surface area contributed by atoms with Gasteiger partial charge in [-0.25, -0.2) is 0 Å². The zero-order valence-corrected chi connectivity index (χ0v) is 11.9. The summed E-state index contributed by atoms with van der Waals surface area (Å²) in [7, 11) is 0. The molecule has 102 valence electrons. The van der Waals surface area contributed by atoms with Crippen molar-refractivity contribution >= 4 is 23.1 Å². The fourth-order valence-electron chi connectivity index (χ4n) is 2.27. The molecule has 0 radical (unpaired) electrons. The molecule has 0 unspecified atom stereocenters. The largest absolute Gasteiger partial charge is 0.316 e. The molecule has 0 atom stereocenters. The lowest BCUT2D eigenvalue weighted by molar-refractivity contribution is 0.538. The van der Waals surface area contributed by atoms with Crippen LogP contribution < -0.4 is 0 Å². The third-order valence-electron chi connectivity index (χ3n) is 3.46. The van der Waals surface area contributed by atoms with Crippen molar-refractivity contribution in [2.75, 3.05) is 0 Å². The van der Waals surface area contributed by atoms with Gasteiger partial charge in [-0.05, 0) is 0 Å². The van der Waals surface area contributed by atoms with Gasteiger partial charge >= 0.3 is 23.1 Å². The van der Waals surface area contributed by atoms with Crippen molar-refractivity contribution in [2.24, 2.45) is 0 Å². The fourth-order valence-corrected chi connectivity index (χ4v) is 2.27. The van der Waals surface area contributed by atoms with E-state index in [9.17, 15) is 0 Å². The quantitative estimate of drug-likeness (QED) is 0.297. The minimum Gasteiger partial charge on any atom is -0.0654 e. The maximum atomic E-state index is 2.29. The molecule has 0 saturated carbocycles. The van der Waals surface area contributed by atoms with Gasteiger partial charge < -0.3 is 0 Å². The van der Waals surface area contributed by atoms with Gasteiger partial charge in [-0.2, -0.15) is 0 Å². The summed E-state index contributed by atoms with van der Waals surface area (Å²) in [6.07, 6.45) is 20.4. The van der Waals surface area contributed by atoms with Crippen LogP contribution in [0.15, 0.2) is 0 Å². The van der Waals surface area contributed by atoms with Gasteiger partial charge in [0.25, 0.3) is 0 Å². The SMILES string of the molecule is CCCCCCCCCCCCCCCC.[MgH2]. The summed E-state index contributed by atoms with van der Waals surface area (Å²) in [6, 6.07) is 0. The smallest absolute Gasteiger partial charge is 0.0654 e. The van der Waals surface area contributed by atoms with Crippen molar-refractivity contribution in [3.05, 3.63) is 0 Å². The lowest BCUT2D eigenvalue weighted by Crippen LogP contribution is -1.82. The van der Waals surface area contributed by atoms with E-state index in [-0.39, 0.29) is 23.1 Å². The number of hydrogen-bond acceptors (Lipinski definition) is 0. The summed E-state index contributed by atoms with van der Waals surface area (Å²) in [5, 5.41) is 0. The highest BCUT2D eigenvalue weighted by molar-refractivity contribution is 5.75. The highest BCUT2D eigenvalue weighted by atomic mass is 24.3. The van der Waals surface area contributed by atoms with Crippen LogP contribution in [0.4, 0.5) is 0 Å². The predicted octanol–water partition coefficient (Wildman–Crippen LogP) is 5.57. The molecule has 0 heterocycles. The molecule has 0 fully saturated rings. The van der Waals surface area contributed by atoms with Crippen LogP contribution in [-0.2, 0) is 0 Å². The summed E-state index contributed by atoms with van der Waals surface area (Å²) < 4.78 is 0. The molecule has 0 bridgehead atoms. The first kappa shape index (κ1) is 20.1. The lowest BCUT2D eigenvalue weighted by Gasteiger charge is -2.02. The Hall–Kier alpha value is 0.766. The molecule has 0 nitrogen and oxygen atoms in total. The second-order valence-corrected chi connectivity index (χ2v) is 5.24. The zero-order chi connectivity index (χ0) is 11.9. The maximum absolute atomic E-state index is 2.29. The van der Waals surface area contributed by atoms with Crippen molar-refractivity contribution in [1.82, 2.24) is 0 Å².